The van der Waals surface area contributed by atoms with Crippen LogP contribution in [0, 0.1) is 5.92 Å². The number of pyridine rings is 1. The summed E-state index contributed by atoms with van der Waals surface area (Å²) in [5, 5.41) is 1.05. The molecule has 36 heavy (non-hydrogen) atoms. The molecule has 4 aromatic rings. The SMILES string of the molecule is C=Cn1c(/C(N)=N\C)c(-c2ccc3ccc(-c4ccccc4)nc3c2)nc1[C@H]1CC[C@H](C(N)=O)CC1. The first kappa shape index (κ1) is 23.5. The summed E-state index contributed by atoms with van der Waals surface area (Å²) in [6.07, 6.45) is 4.93. The molecular formula is C29H30N6O. The van der Waals surface area contributed by atoms with Crippen molar-refractivity contribution in [3.05, 3.63) is 78.8 Å². The smallest absolute Gasteiger partial charge is 0.220 e. The Morgan fingerprint density at radius 1 is 1.00 bits per heavy atom. The third-order valence-electron chi connectivity index (χ3n) is 7.13. The molecule has 1 saturated carbocycles. The van der Waals surface area contributed by atoms with Crippen LogP contribution in [0.15, 0.2) is 72.2 Å². The van der Waals surface area contributed by atoms with Crippen molar-refractivity contribution >= 4 is 28.8 Å². The molecule has 0 unspecified atom stereocenters. The van der Waals surface area contributed by atoms with Gasteiger partial charge in [0.25, 0.3) is 0 Å². The number of benzene rings is 2. The molecule has 5 rings (SSSR count). The summed E-state index contributed by atoms with van der Waals surface area (Å²) in [6, 6.07) is 20.4. The van der Waals surface area contributed by atoms with Crippen LogP contribution >= 0.6 is 0 Å². The van der Waals surface area contributed by atoms with Gasteiger partial charge in [0, 0.05) is 41.6 Å². The summed E-state index contributed by atoms with van der Waals surface area (Å²) in [7, 11) is 1.67. The van der Waals surface area contributed by atoms with Gasteiger partial charge in [-0.2, -0.15) is 0 Å². The number of aliphatic imine (C=N–C) groups is 1. The van der Waals surface area contributed by atoms with Crippen molar-refractivity contribution in [3.8, 4) is 22.5 Å². The lowest BCUT2D eigenvalue weighted by Gasteiger charge is -2.26. The first-order chi connectivity index (χ1) is 17.5. The van der Waals surface area contributed by atoms with Gasteiger partial charge >= 0.3 is 0 Å². The number of hydrogen-bond acceptors (Lipinski definition) is 4. The van der Waals surface area contributed by atoms with E-state index < -0.39 is 0 Å². The molecule has 0 atom stereocenters. The lowest BCUT2D eigenvalue weighted by Crippen LogP contribution is -2.27. The van der Waals surface area contributed by atoms with Crippen LogP contribution in [-0.4, -0.2) is 33.3 Å². The minimum absolute atomic E-state index is 0.0695. The Balaban J connectivity index is 1.60. The molecule has 0 radical (unpaired) electrons. The Bertz CT molecular complexity index is 1460. The van der Waals surface area contributed by atoms with Gasteiger partial charge in [0.2, 0.25) is 5.91 Å². The lowest BCUT2D eigenvalue weighted by molar-refractivity contribution is -0.122. The Morgan fingerprint density at radius 3 is 2.39 bits per heavy atom. The van der Waals surface area contributed by atoms with Crippen molar-refractivity contribution in [1.29, 1.82) is 0 Å². The molecule has 2 aromatic heterocycles. The van der Waals surface area contributed by atoms with Crippen LogP contribution in [0.3, 0.4) is 0 Å². The largest absolute Gasteiger partial charge is 0.382 e. The van der Waals surface area contributed by atoms with Crippen molar-refractivity contribution in [2.75, 3.05) is 7.05 Å². The maximum absolute atomic E-state index is 11.7. The number of amidine groups is 1. The number of nitrogens with two attached hydrogens (primary N) is 2. The summed E-state index contributed by atoms with van der Waals surface area (Å²) in [4.78, 5) is 26.0. The minimum atomic E-state index is -0.220. The molecule has 0 aliphatic heterocycles. The van der Waals surface area contributed by atoms with Crippen LogP contribution < -0.4 is 11.5 Å². The third-order valence-corrected chi connectivity index (χ3v) is 7.13. The van der Waals surface area contributed by atoms with Gasteiger partial charge in [-0.05, 0) is 37.8 Å². The van der Waals surface area contributed by atoms with Gasteiger partial charge in [0.05, 0.1) is 11.2 Å². The summed E-state index contributed by atoms with van der Waals surface area (Å²) in [5.41, 5.74) is 17.2. The molecule has 4 N–H and O–H groups in total. The zero-order valence-corrected chi connectivity index (χ0v) is 20.4. The minimum Gasteiger partial charge on any atom is -0.382 e. The number of primary amides is 1. The second-order valence-corrected chi connectivity index (χ2v) is 9.25. The topological polar surface area (TPSA) is 112 Å². The molecule has 1 aliphatic carbocycles. The highest BCUT2D eigenvalue weighted by Gasteiger charge is 2.30. The van der Waals surface area contributed by atoms with Crippen molar-refractivity contribution in [2.45, 2.75) is 31.6 Å². The van der Waals surface area contributed by atoms with Crippen molar-refractivity contribution < 1.29 is 4.79 Å². The molecule has 2 heterocycles. The predicted molar refractivity (Wildman–Crippen MR) is 145 cm³/mol. The summed E-state index contributed by atoms with van der Waals surface area (Å²) >= 11 is 0. The van der Waals surface area contributed by atoms with Crippen LogP contribution in [0.2, 0.25) is 0 Å². The monoisotopic (exact) mass is 478 g/mol. The van der Waals surface area contributed by atoms with Gasteiger partial charge in [-0.1, -0.05) is 55.1 Å². The average molecular weight is 479 g/mol. The number of carbonyl (C=O) groups excluding carboxylic acids is 1. The van der Waals surface area contributed by atoms with E-state index in [1.807, 2.05) is 34.9 Å². The van der Waals surface area contributed by atoms with Gasteiger partial charge in [-0.15, -0.1) is 0 Å². The van der Waals surface area contributed by atoms with E-state index in [2.05, 4.69) is 41.9 Å². The number of imidazole rings is 1. The number of nitrogens with zero attached hydrogens (tertiary/aromatic N) is 4. The number of aromatic nitrogens is 3. The quantitative estimate of drug-likeness (QED) is 0.301. The molecule has 1 fully saturated rings. The molecule has 0 bridgehead atoms. The summed E-state index contributed by atoms with van der Waals surface area (Å²) in [6.45, 7) is 4.04. The number of carbonyl (C=O) groups is 1. The Hall–Kier alpha value is -4.26. The van der Waals surface area contributed by atoms with E-state index in [1.165, 1.54) is 0 Å². The lowest BCUT2D eigenvalue weighted by atomic mass is 9.81. The average Bonchev–Trinajstić information content (AvgIpc) is 3.32. The molecule has 0 saturated heterocycles. The fourth-order valence-corrected chi connectivity index (χ4v) is 5.15. The highest BCUT2D eigenvalue weighted by Crippen LogP contribution is 2.38. The van der Waals surface area contributed by atoms with Crippen LogP contribution in [0.5, 0.6) is 0 Å². The van der Waals surface area contributed by atoms with E-state index in [-0.39, 0.29) is 17.7 Å². The molecule has 182 valence electrons. The second-order valence-electron chi connectivity index (χ2n) is 9.25. The predicted octanol–water partition coefficient (Wildman–Crippen LogP) is 4.96. The fourth-order valence-electron chi connectivity index (χ4n) is 5.15. The van der Waals surface area contributed by atoms with Gasteiger partial charge in [0.15, 0.2) is 0 Å². The first-order valence-electron chi connectivity index (χ1n) is 12.2. The molecule has 0 spiro atoms. The molecule has 1 amide bonds. The number of hydrogen-bond donors (Lipinski definition) is 2. The van der Waals surface area contributed by atoms with Crippen LogP contribution in [0.4, 0.5) is 0 Å². The zero-order chi connectivity index (χ0) is 25.2. The van der Waals surface area contributed by atoms with E-state index in [0.29, 0.717) is 5.84 Å². The molecule has 7 nitrogen and oxygen atoms in total. The zero-order valence-electron chi connectivity index (χ0n) is 20.4. The van der Waals surface area contributed by atoms with Crippen LogP contribution in [0.1, 0.15) is 43.1 Å². The second kappa shape index (κ2) is 9.77. The van der Waals surface area contributed by atoms with E-state index in [4.69, 9.17) is 21.4 Å². The van der Waals surface area contributed by atoms with Crippen LogP contribution in [0.25, 0.3) is 39.6 Å². The maximum Gasteiger partial charge on any atom is 0.220 e. The van der Waals surface area contributed by atoms with Crippen molar-refractivity contribution in [3.63, 3.8) is 0 Å². The maximum atomic E-state index is 11.7. The van der Waals surface area contributed by atoms with Crippen LogP contribution in [-0.2, 0) is 4.79 Å². The van der Waals surface area contributed by atoms with Gasteiger partial charge in [-0.25, -0.2) is 9.97 Å². The van der Waals surface area contributed by atoms with Gasteiger partial charge < -0.3 is 16.0 Å². The van der Waals surface area contributed by atoms with Gasteiger partial charge in [-0.3, -0.25) is 9.79 Å². The summed E-state index contributed by atoms with van der Waals surface area (Å²) < 4.78 is 1.95. The highest BCUT2D eigenvalue weighted by molar-refractivity contribution is 6.02. The molecule has 2 aromatic carbocycles. The molecule has 1 aliphatic rings. The fraction of sp³-hybridized carbons (Fsp3) is 0.241. The van der Waals surface area contributed by atoms with E-state index in [0.717, 1.165) is 70.6 Å². The normalized spacial score (nSPS) is 18.3. The highest BCUT2D eigenvalue weighted by atomic mass is 16.1. The number of rotatable bonds is 6. The van der Waals surface area contributed by atoms with E-state index in [1.54, 1.807) is 13.2 Å². The van der Waals surface area contributed by atoms with Crippen molar-refractivity contribution in [1.82, 2.24) is 14.5 Å². The number of amides is 1. The Morgan fingerprint density at radius 2 is 1.72 bits per heavy atom. The molecule has 7 heteroatoms. The summed E-state index contributed by atoms with van der Waals surface area (Å²) in [5.74, 6) is 1.16. The van der Waals surface area contributed by atoms with E-state index >= 15 is 0 Å². The Labute approximate surface area is 210 Å². The Kier molecular flexibility index (Phi) is 6.38. The van der Waals surface area contributed by atoms with E-state index in [9.17, 15) is 4.79 Å². The number of fused-ring (bicyclic) bond motifs is 1. The van der Waals surface area contributed by atoms with Gasteiger partial charge in [0.1, 0.15) is 23.0 Å². The first-order valence-corrected chi connectivity index (χ1v) is 12.2. The third kappa shape index (κ3) is 4.28. The molecular weight excluding hydrogens is 448 g/mol. The standard InChI is InChI=1S/C29H30N6O/c1-3-35-26(27(30)32-2)25(34-29(35)21-12-10-20(11-13-21)28(31)36)22-14-9-19-15-16-23(33-24(19)17-22)18-7-5-4-6-8-18/h3-9,14-17,20-21H,1,10-13H2,2H3,(H2,30,32)(H2,31,36)/t20-,21-. The van der Waals surface area contributed by atoms with Crippen molar-refractivity contribution in [2.24, 2.45) is 22.4 Å².